The third-order valence-electron chi connectivity index (χ3n) is 1.69. The summed E-state index contributed by atoms with van der Waals surface area (Å²) in [6.45, 7) is 0. The summed E-state index contributed by atoms with van der Waals surface area (Å²) in [7, 11) is 4.77. The molecule has 0 spiro atoms. The summed E-state index contributed by atoms with van der Waals surface area (Å²) >= 11 is 0. The standard InChI is InChI=1S/C10H13O3.Li/c1-11-9-6-4-5-8(7-9)10(12-2)13-3;/h4-6,10H,1-3H3;/q-1;+1. The molecule has 1 aromatic carbocycles. The Labute approximate surface area is 96.5 Å². The van der Waals surface area contributed by atoms with Crippen LogP contribution in [0, 0.1) is 6.07 Å². The van der Waals surface area contributed by atoms with Crippen LogP contribution in [-0.2, 0) is 9.47 Å². The maximum Gasteiger partial charge on any atom is 1.00 e. The van der Waals surface area contributed by atoms with E-state index in [0.29, 0.717) is 5.75 Å². The minimum Gasteiger partial charge on any atom is -0.523 e. The molecule has 0 heterocycles. The van der Waals surface area contributed by atoms with E-state index in [9.17, 15) is 0 Å². The Morgan fingerprint density at radius 3 is 2.29 bits per heavy atom. The molecule has 0 aliphatic heterocycles. The monoisotopic (exact) mass is 188 g/mol. The fraction of sp³-hybridized carbons (Fsp3) is 0.400. The van der Waals surface area contributed by atoms with Crippen LogP contribution in [-0.4, -0.2) is 21.3 Å². The van der Waals surface area contributed by atoms with E-state index in [-0.39, 0.29) is 25.2 Å². The van der Waals surface area contributed by atoms with Crippen molar-refractivity contribution in [2.24, 2.45) is 0 Å². The molecule has 0 saturated heterocycles. The SMILES string of the molecule is COc1[c-]c(C(OC)OC)ccc1.[Li+]. The molecule has 0 N–H and O–H groups in total. The van der Waals surface area contributed by atoms with Crippen LogP contribution in [0.5, 0.6) is 5.75 Å². The molecule has 0 unspecified atom stereocenters. The van der Waals surface area contributed by atoms with E-state index in [4.69, 9.17) is 14.2 Å². The third-order valence-corrected chi connectivity index (χ3v) is 1.69. The molecule has 0 atom stereocenters. The molecule has 0 radical (unpaired) electrons. The Hall–Kier alpha value is -0.463. The second kappa shape index (κ2) is 6.91. The predicted octanol–water partition coefficient (Wildman–Crippen LogP) is -1.21. The summed E-state index contributed by atoms with van der Waals surface area (Å²) in [5.41, 5.74) is 0.823. The second-order valence-corrected chi connectivity index (χ2v) is 2.48. The van der Waals surface area contributed by atoms with E-state index in [1.54, 1.807) is 21.3 Å². The van der Waals surface area contributed by atoms with E-state index in [0.717, 1.165) is 5.56 Å². The fourth-order valence-electron chi connectivity index (χ4n) is 1.07. The van der Waals surface area contributed by atoms with Gasteiger partial charge in [-0.05, 0) is 0 Å². The molecule has 72 valence electrons. The number of ether oxygens (including phenoxy) is 3. The summed E-state index contributed by atoms with van der Waals surface area (Å²) in [6, 6.07) is 8.60. The van der Waals surface area contributed by atoms with E-state index in [1.165, 1.54) is 0 Å². The average molecular weight is 188 g/mol. The summed E-state index contributed by atoms with van der Waals surface area (Å²) in [4.78, 5) is 0. The van der Waals surface area contributed by atoms with Crippen LogP contribution in [0.4, 0.5) is 0 Å². The predicted molar refractivity (Wildman–Crippen MR) is 48.6 cm³/mol. The molecule has 0 amide bonds. The van der Waals surface area contributed by atoms with Crippen molar-refractivity contribution in [1.82, 2.24) is 0 Å². The van der Waals surface area contributed by atoms with Gasteiger partial charge in [-0.2, -0.15) is 12.1 Å². The Bertz CT molecular complexity index is 261. The van der Waals surface area contributed by atoms with Crippen LogP contribution in [0.15, 0.2) is 18.2 Å². The molecule has 1 aromatic rings. The van der Waals surface area contributed by atoms with Crippen LogP contribution >= 0.6 is 0 Å². The number of methoxy groups -OCH3 is 3. The van der Waals surface area contributed by atoms with Crippen molar-refractivity contribution >= 4 is 0 Å². The first kappa shape index (κ1) is 13.5. The van der Waals surface area contributed by atoms with Crippen molar-refractivity contribution in [3.8, 4) is 5.75 Å². The van der Waals surface area contributed by atoms with Gasteiger partial charge in [-0.3, -0.25) is 0 Å². The van der Waals surface area contributed by atoms with Gasteiger partial charge in [0.2, 0.25) is 0 Å². The Kier molecular flexibility index (Phi) is 6.68. The van der Waals surface area contributed by atoms with E-state index < -0.39 is 0 Å². The largest absolute Gasteiger partial charge is 1.00 e. The molecule has 14 heavy (non-hydrogen) atoms. The smallest absolute Gasteiger partial charge is 0.523 e. The van der Waals surface area contributed by atoms with Gasteiger partial charge in [0.25, 0.3) is 0 Å². The zero-order valence-corrected chi connectivity index (χ0v) is 9.03. The van der Waals surface area contributed by atoms with E-state index in [1.807, 2.05) is 18.2 Å². The van der Waals surface area contributed by atoms with Gasteiger partial charge in [0.05, 0.1) is 7.11 Å². The Morgan fingerprint density at radius 1 is 1.14 bits per heavy atom. The molecular weight excluding hydrogens is 175 g/mol. The van der Waals surface area contributed by atoms with Crippen LogP contribution in [0.3, 0.4) is 0 Å². The van der Waals surface area contributed by atoms with Crippen molar-refractivity contribution in [1.29, 1.82) is 0 Å². The summed E-state index contributed by atoms with van der Waals surface area (Å²) in [5.74, 6) is 0.677. The van der Waals surface area contributed by atoms with Gasteiger partial charge >= 0.3 is 18.9 Å². The minimum atomic E-state index is -0.380. The van der Waals surface area contributed by atoms with Crippen molar-refractivity contribution in [3.05, 3.63) is 29.8 Å². The number of hydrogen-bond acceptors (Lipinski definition) is 3. The number of benzene rings is 1. The second-order valence-electron chi connectivity index (χ2n) is 2.48. The topological polar surface area (TPSA) is 27.7 Å². The van der Waals surface area contributed by atoms with Crippen molar-refractivity contribution in [2.75, 3.05) is 21.3 Å². The molecular formula is C10H13LiO3. The van der Waals surface area contributed by atoms with Gasteiger partial charge in [-0.25, -0.2) is 0 Å². The zero-order valence-electron chi connectivity index (χ0n) is 9.03. The molecule has 0 saturated carbocycles. The quantitative estimate of drug-likeness (QED) is 0.337. The molecule has 0 fully saturated rings. The van der Waals surface area contributed by atoms with Crippen LogP contribution in [0.1, 0.15) is 11.9 Å². The summed E-state index contributed by atoms with van der Waals surface area (Å²) < 4.78 is 15.2. The van der Waals surface area contributed by atoms with E-state index >= 15 is 0 Å². The van der Waals surface area contributed by atoms with Crippen molar-refractivity contribution in [3.63, 3.8) is 0 Å². The maximum absolute atomic E-state index is 5.08. The van der Waals surface area contributed by atoms with Crippen LogP contribution in [0.2, 0.25) is 0 Å². The molecule has 0 bridgehead atoms. The summed E-state index contributed by atoms with van der Waals surface area (Å²) in [5, 5.41) is 0. The number of hydrogen-bond donors (Lipinski definition) is 0. The van der Waals surface area contributed by atoms with Crippen molar-refractivity contribution in [2.45, 2.75) is 6.29 Å². The van der Waals surface area contributed by atoms with Gasteiger partial charge in [-0.1, -0.05) is 0 Å². The minimum absolute atomic E-state index is 0. The molecule has 4 heteroatoms. The molecule has 0 aliphatic rings. The van der Waals surface area contributed by atoms with E-state index in [2.05, 4.69) is 6.07 Å². The third kappa shape index (κ3) is 3.36. The van der Waals surface area contributed by atoms with Crippen LogP contribution < -0.4 is 23.6 Å². The molecule has 0 aliphatic carbocycles. The van der Waals surface area contributed by atoms with Crippen LogP contribution in [0.25, 0.3) is 0 Å². The fourth-order valence-corrected chi connectivity index (χ4v) is 1.07. The Balaban J connectivity index is 0.00000169. The first-order valence-electron chi connectivity index (χ1n) is 3.93. The molecule has 3 nitrogen and oxygen atoms in total. The van der Waals surface area contributed by atoms with Gasteiger partial charge in [0, 0.05) is 20.0 Å². The average Bonchev–Trinajstić information content (AvgIpc) is 2.20. The Morgan fingerprint density at radius 2 is 1.79 bits per heavy atom. The zero-order chi connectivity index (χ0) is 9.68. The van der Waals surface area contributed by atoms with Gasteiger partial charge in [0.15, 0.2) is 6.29 Å². The first-order chi connectivity index (χ1) is 6.31. The first-order valence-corrected chi connectivity index (χ1v) is 3.93. The maximum atomic E-state index is 5.08. The normalized spacial score (nSPS) is 9.71. The molecule has 0 aromatic heterocycles. The van der Waals surface area contributed by atoms with Gasteiger partial charge < -0.3 is 14.2 Å². The van der Waals surface area contributed by atoms with Crippen molar-refractivity contribution < 1.29 is 33.1 Å². The van der Waals surface area contributed by atoms with Gasteiger partial charge in [-0.15, -0.1) is 17.7 Å². The molecule has 1 rings (SSSR count). The van der Waals surface area contributed by atoms with Gasteiger partial charge in [0.1, 0.15) is 0 Å². The summed E-state index contributed by atoms with van der Waals surface area (Å²) in [6.07, 6.45) is -0.380. The number of rotatable bonds is 4.